The van der Waals surface area contributed by atoms with Crippen molar-refractivity contribution in [1.29, 1.82) is 0 Å². The van der Waals surface area contributed by atoms with Gasteiger partial charge in [0.25, 0.3) is 0 Å². The Kier molecular flexibility index (Phi) is 2.31. The standard InChI is InChI=1S/C10H14N2O2/c1-13-9-4-3-7(5-10(9)14-2)8-6-12(8)11/h3-5,8H,6,11H2,1-2H3. The van der Waals surface area contributed by atoms with Crippen LogP contribution in [0.5, 0.6) is 11.5 Å². The van der Waals surface area contributed by atoms with Crippen molar-refractivity contribution >= 4 is 0 Å². The number of methoxy groups -OCH3 is 2. The van der Waals surface area contributed by atoms with Gasteiger partial charge in [0.2, 0.25) is 0 Å². The van der Waals surface area contributed by atoms with Crippen LogP contribution in [0.1, 0.15) is 11.6 Å². The van der Waals surface area contributed by atoms with E-state index in [2.05, 4.69) is 0 Å². The molecule has 2 rings (SSSR count). The van der Waals surface area contributed by atoms with Crippen LogP contribution in [0.3, 0.4) is 0 Å². The molecule has 0 saturated carbocycles. The monoisotopic (exact) mass is 194 g/mol. The molecule has 1 aromatic rings. The van der Waals surface area contributed by atoms with Gasteiger partial charge in [-0.15, -0.1) is 0 Å². The van der Waals surface area contributed by atoms with E-state index in [1.165, 1.54) is 5.56 Å². The number of benzene rings is 1. The largest absolute Gasteiger partial charge is 0.493 e. The first-order chi connectivity index (χ1) is 6.76. The Morgan fingerprint density at radius 2 is 1.93 bits per heavy atom. The molecule has 4 heteroatoms. The Hall–Kier alpha value is -1.26. The quantitative estimate of drug-likeness (QED) is 0.574. The number of hydrogen-bond acceptors (Lipinski definition) is 4. The molecule has 0 spiro atoms. The lowest BCUT2D eigenvalue weighted by Crippen LogP contribution is -2.06. The lowest BCUT2D eigenvalue weighted by atomic mass is 10.1. The van der Waals surface area contributed by atoms with Crippen LogP contribution in [0.2, 0.25) is 0 Å². The van der Waals surface area contributed by atoms with Gasteiger partial charge in [-0.05, 0) is 17.7 Å². The van der Waals surface area contributed by atoms with Gasteiger partial charge in [-0.25, -0.2) is 5.01 Å². The second kappa shape index (κ2) is 3.48. The summed E-state index contributed by atoms with van der Waals surface area (Å²) in [5, 5.41) is 1.78. The van der Waals surface area contributed by atoms with Crippen LogP contribution in [-0.4, -0.2) is 25.8 Å². The summed E-state index contributed by atoms with van der Waals surface area (Å²) in [4.78, 5) is 0. The average Bonchev–Trinajstić information content (AvgIpc) is 2.94. The van der Waals surface area contributed by atoms with Crippen LogP contribution in [0.25, 0.3) is 0 Å². The first-order valence-corrected chi connectivity index (χ1v) is 4.49. The molecule has 0 bridgehead atoms. The predicted octanol–water partition coefficient (Wildman–Crippen LogP) is 0.934. The highest BCUT2D eigenvalue weighted by molar-refractivity contribution is 5.44. The van der Waals surface area contributed by atoms with Crippen LogP contribution in [0, 0.1) is 0 Å². The SMILES string of the molecule is COc1ccc(C2CN2N)cc1OC. The first kappa shape index (κ1) is 9.30. The molecule has 1 aliphatic rings. The molecular formula is C10H14N2O2. The fourth-order valence-corrected chi connectivity index (χ4v) is 1.51. The maximum atomic E-state index is 5.62. The lowest BCUT2D eigenvalue weighted by Gasteiger charge is -2.08. The summed E-state index contributed by atoms with van der Waals surface area (Å²) >= 11 is 0. The van der Waals surface area contributed by atoms with E-state index in [1.54, 1.807) is 19.2 Å². The lowest BCUT2D eigenvalue weighted by molar-refractivity contribution is 0.354. The van der Waals surface area contributed by atoms with E-state index in [-0.39, 0.29) is 0 Å². The molecule has 1 saturated heterocycles. The Balaban J connectivity index is 2.27. The van der Waals surface area contributed by atoms with Crippen LogP contribution < -0.4 is 15.3 Å². The van der Waals surface area contributed by atoms with Crippen molar-refractivity contribution in [2.75, 3.05) is 20.8 Å². The van der Waals surface area contributed by atoms with Gasteiger partial charge in [0, 0.05) is 6.54 Å². The molecule has 0 aromatic heterocycles. The Labute approximate surface area is 83.2 Å². The molecule has 1 fully saturated rings. The fourth-order valence-electron chi connectivity index (χ4n) is 1.51. The second-order valence-electron chi connectivity index (χ2n) is 3.33. The normalized spacial score (nSPS) is 24.5. The van der Waals surface area contributed by atoms with E-state index in [1.807, 2.05) is 18.2 Å². The predicted molar refractivity (Wildman–Crippen MR) is 53.2 cm³/mol. The highest BCUT2D eigenvalue weighted by Crippen LogP contribution is 2.36. The summed E-state index contributed by atoms with van der Waals surface area (Å²) in [5.74, 6) is 7.13. The van der Waals surface area contributed by atoms with E-state index >= 15 is 0 Å². The van der Waals surface area contributed by atoms with Gasteiger partial charge in [0.05, 0.1) is 20.3 Å². The number of hydrazine groups is 1. The smallest absolute Gasteiger partial charge is 0.161 e. The summed E-state index contributed by atoms with van der Waals surface area (Å²) < 4.78 is 10.4. The van der Waals surface area contributed by atoms with Gasteiger partial charge < -0.3 is 9.47 Å². The van der Waals surface area contributed by atoms with Crippen molar-refractivity contribution in [1.82, 2.24) is 5.01 Å². The van der Waals surface area contributed by atoms with E-state index in [0.29, 0.717) is 6.04 Å². The molecule has 0 aliphatic carbocycles. The molecule has 1 aliphatic heterocycles. The summed E-state index contributed by atoms with van der Waals surface area (Å²) in [6.45, 7) is 0.912. The van der Waals surface area contributed by atoms with Crippen LogP contribution in [0.15, 0.2) is 18.2 Å². The van der Waals surface area contributed by atoms with Crippen molar-refractivity contribution in [3.63, 3.8) is 0 Å². The second-order valence-corrected chi connectivity index (χ2v) is 3.33. The number of nitrogens with two attached hydrogens (primary N) is 1. The molecule has 76 valence electrons. The van der Waals surface area contributed by atoms with E-state index in [4.69, 9.17) is 15.3 Å². The number of ether oxygens (including phenoxy) is 2. The Morgan fingerprint density at radius 3 is 2.43 bits per heavy atom. The van der Waals surface area contributed by atoms with Gasteiger partial charge >= 0.3 is 0 Å². The molecule has 0 amide bonds. The van der Waals surface area contributed by atoms with Crippen molar-refractivity contribution in [3.8, 4) is 11.5 Å². The van der Waals surface area contributed by atoms with Crippen molar-refractivity contribution in [2.24, 2.45) is 5.84 Å². The Bertz CT molecular complexity index is 341. The zero-order valence-corrected chi connectivity index (χ0v) is 8.36. The van der Waals surface area contributed by atoms with Gasteiger partial charge in [-0.1, -0.05) is 6.07 Å². The highest BCUT2D eigenvalue weighted by atomic mass is 16.5. The molecule has 14 heavy (non-hydrogen) atoms. The minimum Gasteiger partial charge on any atom is -0.493 e. The van der Waals surface area contributed by atoms with Gasteiger partial charge in [0.1, 0.15) is 0 Å². The maximum absolute atomic E-state index is 5.62. The Morgan fingerprint density at radius 1 is 1.29 bits per heavy atom. The van der Waals surface area contributed by atoms with Crippen molar-refractivity contribution < 1.29 is 9.47 Å². The summed E-state index contributed by atoms with van der Waals surface area (Å²) in [6, 6.07) is 6.23. The van der Waals surface area contributed by atoms with E-state index in [0.717, 1.165) is 18.0 Å². The third kappa shape index (κ3) is 1.54. The third-order valence-electron chi connectivity index (χ3n) is 2.44. The molecular weight excluding hydrogens is 180 g/mol. The average molecular weight is 194 g/mol. The van der Waals surface area contributed by atoms with Gasteiger partial charge in [-0.2, -0.15) is 0 Å². The molecule has 1 aromatic carbocycles. The zero-order chi connectivity index (χ0) is 10.1. The molecule has 0 radical (unpaired) electrons. The van der Waals surface area contributed by atoms with Crippen LogP contribution in [0.4, 0.5) is 0 Å². The zero-order valence-electron chi connectivity index (χ0n) is 8.36. The van der Waals surface area contributed by atoms with Gasteiger partial charge in [-0.3, -0.25) is 5.84 Å². The summed E-state index contributed by atoms with van der Waals surface area (Å²) in [6.07, 6.45) is 0. The van der Waals surface area contributed by atoms with Crippen molar-refractivity contribution in [3.05, 3.63) is 23.8 Å². The first-order valence-electron chi connectivity index (χ1n) is 4.49. The van der Waals surface area contributed by atoms with Crippen LogP contribution >= 0.6 is 0 Å². The van der Waals surface area contributed by atoms with Crippen molar-refractivity contribution in [2.45, 2.75) is 6.04 Å². The molecule has 2 N–H and O–H groups in total. The highest BCUT2D eigenvalue weighted by Gasteiger charge is 2.32. The third-order valence-corrected chi connectivity index (χ3v) is 2.44. The van der Waals surface area contributed by atoms with Gasteiger partial charge in [0.15, 0.2) is 11.5 Å². The van der Waals surface area contributed by atoms with E-state index < -0.39 is 0 Å². The number of nitrogens with zero attached hydrogens (tertiary/aromatic N) is 1. The summed E-state index contributed by atoms with van der Waals surface area (Å²) in [5.41, 5.74) is 1.17. The van der Waals surface area contributed by atoms with E-state index in [9.17, 15) is 0 Å². The fraction of sp³-hybridized carbons (Fsp3) is 0.400. The number of rotatable bonds is 3. The molecule has 2 atom stereocenters. The topological polar surface area (TPSA) is 47.5 Å². The molecule has 2 unspecified atom stereocenters. The maximum Gasteiger partial charge on any atom is 0.161 e. The minimum atomic E-state index is 0.342. The number of hydrogen-bond donors (Lipinski definition) is 1. The summed E-state index contributed by atoms with van der Waals surface area (Å²) in [7, 11) is 3.26. The molecule has 4 nitrogen and oxygen atoms in total. The molecule has 1 heterocycles. The minimum absolute atomic E-state index is 0.342. The van der Waals surface area contributed by atoms with Crippen LogP contribution in [-0.2, 0) is 0 Å².